The third-order valence-corrected chi connectivity index (χ3v) is 3.76. The Kier molecular flexibility index (Phi) is 4.30. The molecule has 114 valence electrons. The number of benzene rings is 2. The van der Waals surface area contributed by atoms with Crippen molar-refractivity contribution in [2.24, 2.45) is 0 Å². The van der Waals surface area contributed by atoms with E-state index in [0.717, 1.165) is 35.5 Å². The SMILES string of the molecule is COc1cc2[nH]cc(CNCc3ccccc3)c2cc1OC. The maximum absolute atomic E-state index is 5.38. The number of fused-ring (bicyclic) bond motifs is 1. The van der Waals surface area contributed by atoms with E-state index in [0.29, 0.717) is 0 Å². The fraction of sp³-hybridized carbons (Fsp3) is 0.222. The summed E-state index contributed by atoms with van der Waals surface area (Å²) in [4.78, 5) is 3.29. The Balaban J connectivity index is 1.76. The monoisotopic (exact) mass is 296 g/mol. The zero-order valence-electron chi connectivity index (χ0n) is 12.8. The molecule has 0 radical (unpaired) electrons. The van der Waals surface area contributed by atoms with Crippen molar-refractivity contribution >= 4 is 10.9 Å². The predicted octanol–water partition coefficient (Wildman–Crippen LogP) is 3.47. The maximum atomic E-state index is 5.38. The van der Waals surface area contributed by atoms with E-state index in [1.165, 1.54) is 11.1 Å². The van der Waals surface area contributed by atoms with Gasteiger partial charge in [-0.25, -0.2) is 0 Å². The number of nitrogens with one attached hydrogen (secondary N) is 2. The Morgan fingerprint density at radius 3 is 2.41 bits per heavy atom. The highest BCUT2D eigenvalue weighted by Gasteiger charge is 2.10. The molecule has 4 heteroatoms. The van der Waals surface area contributed by atoms with Crippen molar-refractivity contribution in [1.29, 1.82) is 0 Å². The van der Waals surface area contributed by atoms with Crippen molar-refractivity contribution in [3.63, 3.8) is 0 Å². The van der Waals surface area contributed by atoms with Gasteiger partial charge in [0.25, 0.3) is 0 Å². The molecule has 0 fully saturated rings. The summed E-state index contributed by atoms with van der Waals surface area (Å²) in [6.07, 6.45) is 2.03. The van der Waals surface area contributed by atoms with Crippen LogP contribution in [0.15, 0.2) is 48.7 Å². The van der Waals surface area contributed by atoms with E-state index in [-0.39, 0.29) is 0 Å². The summed E-state index contributed by atoms with van der Waals surface area (Å²) in [6, 6.07) is 14.4. The van der Waals surface area contributed by atoms with Gasteiger partial charge in [0.15, 0.2) is 11.5 Å². The summed E-state index contributed by atoms with van der Waals surface area (Å²) >= 11 is 0. The lowest BCUT2D eigenvalue weighted by atomic mass is 10.1. The Morgan fingerprint density at radius 1 is 0.955 bits per heavy atom. The molecule has 0 aliphatic carbocycles. The van der Waals surface area contributed by atoms with E-state index < -0.39 is 0 Å². The predicted molar refractivity (Wildman–Crippen MR) is 88.4 cm³/mol. The number of aromatic amines is 1. The molecule has 2 aromatic carbocycles. The van der Waals surface area contributed by atoms with Crippen LogP contribution in [0.5, 0.6) is 11.5 Å². The summed E-state index contributed by atoms with van der Waals surface area (Å²) in [5, 5.41) is 4.62. The van der Waals surface area contributed by atoms with E-state index in [9.17, 15) is 0 Å². The summed E-state index contributed by atoms with van der Waals surface area (Å²) in [7, 11) is 3.30. The molecule has 22 heavy (non-hydrogen) atoms. The Morgan fingerprint density at radius 2 is 1.68 bits per heavy atom. The average Bonchev–Trinajstić information content (AvgIpc) is 2.96. The van der Waals surface area contributed by atoms with Crippen LogP contribution in [0.25, 0.3) is 10.9 Å². The van der Waals surface area contributed by atoms with E-state index in [4.69, 9.17) is 9.47 Å². The minimum absolute atomic E-state index is 0.737. The molecule has 1 heterocycles. The van der Waals surface area contributed by atoms with Crippen LogP contribution in [0.1, 0.15) is 11.1 Å². The quantitative estimate of drug-likeness (QED) is 0.732. The normalized spacial score (nSPS) is 10.8. The summed E-state index contributed by atoms with van der Waals surface area (Å²) in [5.41, 5.74) is 3.54. The van der Waals surface area contributed by atoms with Crippen LogP contribution in [0.2, 0.25) is 0 Å². The lowest BCUT2D eigenvalue weighted by Gasteiger charge is -2.08. The first-order valence-corrected chi connectivity index (χ1v) is 7.28. The van der Waals surface area contributed by atoms with Crippen molar-refractivity contribution in [2.75, 3.05) is 14.2 Å². The minimum Gasteiger partial charge on any atom is -0.493 e. The second-order valence-electron chi connectivity index (χ2n) is 5.16. The summed E-state index contributed by atoms with van der Waals surface area (Å²) in [5.74, 6) is 1.49. The van der Waals surface area contributed by atoms with Crippen LogP contribution < -0.4 is 14.8 Å². The van der Waals surface area contributed by atoms with Crippen molar-refractivity contribution in [1.82, 2.24) is 10.3 Å². The van der Waals surface area contributed by atoms with Crippen LogP contribution in [0, 0.1) is 0 Å². The van der Waals surface area contributed by atoms with Crippen LogP contribution >= 0.6 is 0 Å². The van der Waals surface area contributed by atoms with E-state index in [1.807, 2.05) is 24.4 Å². The molecule has 0 spiro atoms. The first kappa shape index (κ1) is 14.5. The number of hydrogen-bond donors (Lipinski definition) is 2. The lowest BCUT2D eigenvalue weighted by molar-refractivity contribution is 0.356. The van der Waals surface area contributed by atoms with Crippen molar-refractivity contribution in [3.05, 3.63) is 59.8 Å². The highest BCUT2D eigenvalue weighted by Crippen LogP contribution is 2.33. The van der Waals surface area contributed by atoms with Crippen LogP contribution in [-0.2, 0) is 13.1 Å². The van der Waals surface area contributed by atoms with Gasteiger partial charge in [-0.3, -0.25) is 0 Å². The molecular weight excluding hydrogens is 276 g/mol. The van der Waals surface area contributed by atoms with Gasteiger partial charge in [0.2, 0.25) is 0 Å². The Labute approximate surface area is 130 Å². The molecule has 3 aromatic rings. The van der Waals surface area contributed by atoms with E-state index in [2.05, 4.69) is 34.6 Å². The average molecular weight is 296 g/mol. The number of H-pyrrole nitrogens is 1. The highest BCUT2D eigenvalue weighted by molar-refractivity contribution is 5.86. The first-order chi connectivity index (χ1) is 10.8. The molecule has 0 atom stereocenters. The Bertz CT molecular complexity index is 750. The molecule has 3 rings (SSSR count). The standard InChI is InChI=1S/C18H20N2O2/c1-21-17-8-15-14(12-20-16(15)9-18(17)22-2)11-19-10-13-6-4-3-5-7-13/h3-9,12,19-20H,10-11H2,1-2H3. The second kappa shape index (κ2) is 6.54. The first-order valence-electron chi connectivity index (χ1n) is 7.28. The fourth-order valence-corrected chi connectivity index (χ4v) is 2.59. The number of methoxy groups -OCH3 is 2. The molecule has 0 saturated carbocycles. The van der Waals surface area contributed by atoms with Gasteiger partial charge in [0, 0.05) is 36.3 Å². The second-order valence-corrected chi connectivity index (χ2v) is 5.16. The molecule has 0 amide bonds. The number of rotatable bonds is 6. The molecule has 0 aliphatic heterocycles. The lowest BCUT2D eigenvalue weighted by Crippen LogP contribution is -2.12. The van der Waals surface area contributed by atoms with Crippen molar-refractivity contribution in [2.45, 2.75) is 13.1 Å². The largest absolute Gasteiger partial charge is 0.493 e. The highest BCUT2D eigenvalue weighted by atomic mass is 16.5. The Hall–Kier alpha value is -2.46. The topological polar surface area (TPSA) is 46.3 Å². The third kappa shape index (κ3) is 2.92. The van der Waals surface area contributed by atoms with Gasteiger partial charge in [-0.1, -0.05) is 30.3 Å². The zero-order valence-corrected chi connectivity index (χ0v) is 12.8. The van der Waals surface area contributed by atoms with Crippen molar-refractivity contribution in [3.8, 4) is 11.5 Å². The van der Waals surface area contributed by atoms with Gasteiger partial charge in [0.05, 0.1) is 14.2 Å². The summed E-state index contributed by atoms with van der Waals surface area (Å²) < 4.78 is 10.7. The van der Waals surface area contributed by atoms with Gasteiger partial charge in [-0.15, -0.1) is 0 Å². The maximum Gasteiger partial charge on any atom is 0.162 e. The minimum atomic E-state index is 0.737. The molecule has 0 aliphatic rings. The number of hydrogen-bond acceptors (Lipinski definition) is 3. The van der Waals surface area contributed by atoms with Gasteiger partial charge in [0.1, 0.15) is 0 Å². The van der Waals surface area contributed by atoms with Gasteiger partial charge < -0.3 is 19.8 Å². The molecule has 2 N–H and O–H groups in total. The van der Waals surface area contributed by atoms with Crippen molar-refractivity contribution < 1.29 is 9.47 Å². The molecule has 0 saturated heterocycles. The summed E-state index contributed by atoms with van der Waals surface area (Å²) in [6.45, 7) is 1.64. The van der Waals surface area contributed by atoms with E-state index in [1.54, 1.807) is 14.2 Å². The molecular formula is C18H20N2O2. The fourth-order valence-electron chi connectivity index (χ4n) is 2.59. The van der Waals surface area contributed by atoms with Crippen LogP contribution in [0.3, 0.4) is 0 Å². The molecule has 1 aromatic heterocycles. The van der Waals surface area contributed by atoms with Crippen LogP contribution in [-0.4, -0.2) is 19.2 Å². The smallest absolute Gasteiger partial charge is 0.162 e. The third-order valence-electron chi connectivity index (χ3n) is 3.76. The number of aromatic nitrogens is 1. The van der Waals surface area contributed by atoms with E-state index >= 15 is 0 Å². The molecule has 4 nitrogen and oxygen atoms in total. The van der Waals surface area contributed by atoms with Gasteiger partial charge >= 0.3 is 0 Å². The molecule has 0 bridgehead atoms. The van der Waals surface area contributed by atoms with Crippen LogP contribution in [0.4, 0.5) is 0 Å². The van der Waals surface area contributed by atoms with Gasteiger partial charge in [-0.2, -0.15) is 0 Å². The zero-order chi connectivity index (χ0) is 15.4. The number of ether oxygens (including phenoxy) is 2. The van der Waals surface area contributed by atoms with Gasteiger partial charge in [-0.05, 0) is 17.2 Å². The molecule has 0 unspecified atom stereocenters.